The fourth-order valence-corrected chi connectivity index (χ4v) is 4.48. The van der Waals surface area contributed by atoms with Crippen LogP contribution in [0, 0.1) is 10.1 Å². The highest BCUT2D eigenvalue weighted by molar-refractivity contribution is 7.20. The number of nitro benzene ring substituents is 1. The third kappa shape index (κ3) is 4.20. The predicted octanol–water partition coefficient (Wildman–Crippen LogP) is 2.23. The number of carboxylic acids is 1. The molecule has 0 atom stereocenters. The molecule has 1 aromatic carbocycles. The minimum atomic E-state index is -1.47. The van der Waals surface area contributed by atoms with Gasteiger partial charge in [0, 0.05) is 37.9 Å². The van der Waals surface area contributed by atoms with E-state index in [0.29, 0.717) is 34.8 Å². The molecule has 3 N–H and O–H groups in total. The van der Waals surface area contributed by atoms with Crippen LogP contribution in [0.1, 0.15) is 20.0 Å². The Morgan fingerprint density at radius 3 is 2.45 bits per heavy atom. The Morgan fingerprint density at radius 1 is 1.15 bits per heavy atom. The average Bonchev–Trinajstić information content (AvgIpc) is 3.34. The number of amides is 1. The van der Waals surface area contributed by atoms with Gasteiger partial charge in [0.1, 0.15) is 15.3 Å². The highest BCUT2D eigenvalue weighted by atomic mass is 32.1. The lowest BCUT2D eigenvalue weighted by molar-refractivity contribution is -0.385. The van der Waals surface area contributed by atoms with Gasteiger partial charge in [-0.15, -0.1) is 16.4 Å². The van der Waals surface area contributed by atoms with E-state index in [1.54, 1.807) is 6.07 Å². The van der Waals surface area contributed by atoms with Gasteiger partial charge in [0.05, 0.1) is 10.3 Å². The zero-order valence-corrected chi connectivity index (χ0v) is 18.0. The fraction of sp³-hybridized carbons (Fsp3) is 0.263. The van der Waals surface area contributed by atoms with E-state index in [0.717, 1.165) is 13.1 Å². The molecule has 1 saturated heterocycles. The van der Waals surface area contributed by atoms with Crippen LogP contribution in [-0.4, -0.2) is 81.0 Å². The number of hydrogen-bond donors (Lipinski definition) is 3. The van der Waals surface area contributed by atoms with Crippen LogP contribution in [0.3, 0.4) is 0 Å². The number of carbonyl (C=O) groups excluding carboxylic acids is 1. The van der Waals surface area contributed by atoms with Crippen LogP contribution in [0.2, 0.25) is 0 Å². The van der Waals surface area contributed by atoms with E-state index < -0.39 is 28.6 Å². The van der Waals surface area contributed by atoms with Crippen LogP contribution >= 0.6 is 11.3 Å². The van der Waals surface area contributed by atoms with Crippen LogP contribution in [0.5, 0.6) is 0 Å². The summed E-state index contributed by atoms with van der Waals surface area (Å²) in [7, 11) is 1.99. The monoisotopic (exact) mass is 474 g/mol. The molecule has 0 aliphatic carbocycles. The second-order valence-electron chi connectivity index (χ2n) is 7.38. The quantitative estimate of drug-likeness (QED) is 0.368. The van der Waals surface area contributed by atoms with Crippen LogP contribution in [-0.2, 0) is 0 Å². The maximum atomic E-state index is 12.9. The Hall–Kier alpha value is -4.04. The molecular weight excluding hydrogens is 456 g/mol. The predicted molar refractivity (Wildman–Crippen MR) is 119 cm³/mol. The van der Waals surface area contributed by atoms with Gasteiger partial charge in [-0.05, 0) is 25.2 Å². The summed E-state index contributed by atoms with van der Waals surface area (Å²) in [6.45, 7) is 2.98. The zero-order valence-electron chi connectivity index (χ0n) is 17.2. The number of piperazine rings is 1. The van der Waals surface area contributed by atoms with E-state index in [1.165, 1.54) is 18.2 Å². The Bertz CT molecular complexity index is 1290. The maximum absolute atomic E-state index is 12.9. The Labute approximate surface area is 189 Å². The maximum Gasteiger partial charge on any atom is 0.433 e. The van der Waals surface area contributed by atoms with Crippen LogP contribution in [0.25, 0.3) is 10.2 Å². The van der Waals surface area contributed by atoms with E-state index in [1.807, 2.05) is 11.9 Å². The highest BCUT2D eigenvalue weighted by Crippen LogP contribution is 2.33. The number of likely N-dealkylation sites (N-methyl/N-ethyl adjacent to an activating group) is 1. The number of hydrogen-bond acceptors (Lipinski definition) is 9. The van der Waals surface area contributed by atoms with Crippen LogP contribution in [0.4, 0.5) is 22.0 Å². The second-order valence-corrected chi connectivity index (χ2v) is 8.41. The van der Waals surface area contributed by atoms with Crippen molar-refractivity contribution in [2.75, 3.05) is 43.4 Å². The number of rotatable bonds is 5. The summed E-state index contributed by atoms with van der Waals surface area (Å²) in [5.74, 6) is -2.34. The summed E-state index contributed by atoms with van der Waals surface area (Å²) in [5, 5.41) is 36.5. The Morgan fingerprint density at radius 2 is 1.85 bits per heavy atom. The summed E-state index contributed by atoms with van der Waals surface area (Å²) in [6, 6.07) is 5.47. The normalized spacial score (nSPS) is 14.4. The van der Waals surface area contributed by atoms with Crippen LogP contribution in [0.15, 0.2) is 24.3 Å². The molecule has 14 heteroatoms. The molecule has 0 radical (unpaired) electrons. The number of thiophene rings is 1. The van der Waals surface area contributed by atoms with Gasteiger partial charge in [0.2, 0.25) is 0 Å². The lowest BCUT2D eigenvalue weighted by Gasteiger charge is -2.34. The van der Waals surface area contributed by atoms with E-state index in [4.69, 9.17) is 0 Å². The number of aromatic nitrogens is 2. The van der Waals surface area contributed by atoms with Gasteiger partial charge in [0.15, 0.2) is 5.82 Å². The first-order chi connectivity index (χ1) is 15.7. The fourth-order valence-electron chi connectivity index (χ4n) is 3.53. The molecule has 1 fully saturated rings. The van der Waals surface area contributed by atoms with Gasteiger partial charge in [-0.25, -0.2) is 9.59 Å². The van der Waals surface area contributed by atoms with Gasteiger partial charge < -0.3 is 25.3 Å². The van der Waals surface area contributed by atoms with E-state index >= 15 is 0 Å². The molecule has 13 nitrogen and oxygen atoms in total. The number of nitro groups is 1. The second kappa shape index (κ2) is 8.48. The Balaban J connectivity index is 1.67. The number of carbonyl (C=O) groups is 3. The molecule has 3 heterocycles. The molecule has 2 aromatic heterocycles. The van der Waals surface area contributed by atoms with Crippen molar-refractivity contribution in [3.8, 4) is 0 Å². The summed E-state index contributed by atoms with van der Waals surface area (Å²) >= 11 is 0.682. The van der Waals surface area contributed by atoms with Crippen molar-refractivity contribution >= 4 is 56.7 Å². The molecule has 33 heavy (non-hydrogen) atoms. The standard InChI is InChI=1S/C19H18N6O7S/c1-22-4-6-23(7-5-22)10-2-3-11(13(8-10)25(31)32)16(26)20-15-12-9-14(18(27)28)33-17(12)24(21-15)19(29)30/h2-3,8-9H,4-7H2,1H3,(H,27,28)(H,29,30)(H,20,21,26). The molecule has 0 spiro atoms. The Kier molecular flexibility index (Phi) is 5.69. The highest BCUT2D eigenvalue weighted by Gasteiger charge is 2.26. The molecule has 1 amide bonds. The van der Waals surface area contributed by atoms with Crippen molar-refractivity contribution in [2.45, 2.75) is 0 Å². The molecule has 0 unspecified atom stereocenters. The molecule has 4 rings (SSSR count). The number of aromatic carboxylic acids is 1. The van der Waals surface area contributed by atoms with Gasteiger partial charge in [-0.1, -0.05) is 0 Å². The van der Waals surface area contributed by atoms with Crippen molar-refractivity contribution in [2.24, 2.45) is 0 Å². The minimum Gasteiger partial charge on any atom is -0.477 e. The van der Waals surface area contributed by atoms with Gasteiger partial charge in [-0.2, -0.15) is 4.68 Å². The average molecular weight is 474 g/mol. The smallest absolute Gasteiger partial charge is 0.433 e. The minimum absolute atomic E-state index is 0.00936. The first-order valence-corrected chi connectivity index (χ1v) is 10.5. The molecule has 1 aliphatic rings. The summed E-state index contributed by atoms with van der Waals surface area (Å²) in [4.78, 5) is 50.7. The van der Waals surface area contributed by atoms with Gasteiger partial charge >= 0.3 is 12.1 Å². The third-order valence-corrected chi connectivity index (χ3v) is 6.37. The molecule has 3 aromatic rings. The number of nitrogens with zero attached hydrogens (tertiary/aromatic N) is 5. The van der Waals surface area contributed by atoms with Crippen molar-refractivity contribution in [3.05, 3.63) is 44.8 Å². The number of fused-ring (bicyclic) bond motifs is 1. The van der Waals surface area contributed by atoms with Crippen molar-refractivity contribution in [1.29, 1.82) is 0 Å². The number of anilines is 2. The van der Waals surface area contributed by atoms with E-state index in [2.05, 4.69) is 15.3 Å². The lowest BCUT2D eigenvalue weighted by Crippen LogP contribution is -2.44. The molecular formula is C19H18N6O7S. The first kappa shape index (κ1) is 22.2. The first-order valence-electron chi connectivity index (χ1n) is 9.68. The summed E-state index contributed by atoms with van der Waals surface area (Å²) in [6.07, 6.45) is -1.47. The van der Waals surface area contributed by atoms with Gasteiger partial charge in [-0.3, -0.25) is 14.9 Å². The molecule has 0 bridgehead atoms. The third-order valence-electron chi connectivity index (χ3n) is 5.27. The zero-order chi connectivity index (χ0) is 23.9. The lowest BCUT2D eigenvalue weighted by atomic mass is 10.1. The topological polar surface area (TPSA) is 171 Å². The SMILES string of the molecule is CN1CCN(c2ccc(C(=O)Nc3nn(C(=O)O)c4sc(C(=O)O)cc34)c([N+](=O)[O-])c2)CC1. The number of benzene rings is 1. The largest absolute Gasteiger partial charge is 0.477 e. The molecule has 172 valence electrons. The molecule has 1 aliphatic heterocycles. The summed E-state index contributed by atoms with van der Waals surface area (Å²) < 4.78 is 0.549. The van der Waals surface area contributed by atoms with Crippen LogP contribution < -0.4 is 10.2 Å². The van der Waals surface area contributed by atoms with Crippen molar-refractivity contribution in [1.82, 2.24) is 14.7 Å². The molecule has 0 saturated carbocycles. The van der Waals surface area contributed by atoms with Gasteiger partial charge in [0.25, 0.3) is 11.6 Å². The van der Waals surface area contributed by atoms with Crippen molar-refractivity contribution < 1.29 is 29.5 Å². The number of nitrogens with one attached hydrogen (secondary N) is 1. The summed E-state index contributed by atoms with van der Waals surface area (Å²) in [5.41, 5.74) is -0.0215. The van der Waals surface area contributed by atoms with E-state index in [-0.39, 0.29) is 26.5 Å². The number of carboxylic acid groups (broad SMARTS) is 2. The van der Waals surface area contributed by atoms with Crippen molar-refractivity contribution in [3.63, 3.8) is 0 Å². The van der Waals surface area contributed by atoms with E-state index in [9.17, 15) is 34.7 Å².